The molecule has 0 bridgehead atoms. The van der Waals surface area contributed by atoms with Gasteiger partial charge in [-0.05, 0) is 66.7 Å². The number of anilines is 2. The number of H-pyrrole nitrogens is 1. The number of carbonyl (C=O) groups is 1. The van der Waals surface area contributed by atoms with Crippen LogP contribution in [0.5, 0.6) is 0 Å². The highest BCUT2D eigenvalue weighted by atomic mass is 32.2. The Hall–Kier alpha value is -4.43. The monoisotopic (exact) mass is 468 g/mol. The van der Waals surface area contributed by atoms with E-state index in [0.29, 0.717) is 16.9 Å². The van der Waals surface area contributed by atoms with Crippen molar-refractivity contribution >= 4 is 38.3 Å². The van der Waals surface area contributed by atoms with E-state index in [-0.39, 0.29) is 10.8 Å². The van der Waals surface area contributed by atoms with Gasteiger partial charge in [-0.25, -0.2) is 13.4 Å². The number of sulfonamides is 1. The Morgan fingerprint density at radius 1 is 0.765 bits per heavy atom. The minimum Gasteiger partial charge on any atom is -0.338 e. The Bertz CT molecular complexity index is 1540. The molecule has 0 aliphatic carbocycles. The molecule has 5 rings (SSSR count). The van der Waals surface area contributed by atoms with Crippen molar-refractivity contribution in [2.24, 2.45) is 0 Å². The summed E-state index contributed by atoms with van der Waals surface area (Å²) in [4.78, 5) is 20.8. The summed E-state index contributed by atoms with van der Waals surface area (Å²) in [6.45, 7) is 0. The molecule has 1 heterocycles. The molecule has 34 heavy (non-hydrogen) atoms. The quantitative estimate of drug-likeness (QED) is 0.315. The SMILES string of the molecule is O=C(Nc1ccc(-c2nc3ccccc3[nH]2)cc1)c1cccc(NS(=O)(=O)c2ccccc2)c1. The van der Waals surface area contributed by atoms with Crippen LogP contribution in [0.15, 0.2) is 108 Å². The maximum absolute atomic E-state index is 12.8. The van der Waals surface area contributed by atoms with E-state index in [0.717, 1.165) is 22.4 Å². The molecule has 1 amide bonds. The summed E-state index contributed by atoms with van der Waals surface area (Å²) in [7, 11) is -3.75. The molecule has 0 aliphatic rings. The van der Waals surface area contributed by atoms with Gasteiger partial charge in [0.05, 0.1) is 15.9 Å². The predicted octanol–water partition coefficient (Wildman–Crippen LogP) is 5.28. The van der Waals surface area contributed by atoms with Gasteiger partial charge >= 0.3 is 0 Å². The summed E-state index contributed by atoms with van der Waals surface area (Å²) in [6.07, 6.45) is 0. The first-order valence-electron chi connectivity index (χ1n) is 10.5. The third kappa shape index (κ3) is 4.53. The summed E-state index contributed by atoms with van der Waals surface area (Å²) in [5.41, 5.74) is 3.98. The first kappa shape index (κ1) is 21.4. The van der Waals surface area contributed by atoms with Gasteiger partial charge < -0.3 is 10.3 Å². The van der Waals surface area contributed by atoms with Crippen LogP contribution in [0.2, 0.25) is 0 Å². The lowest BCUT2D eigenvalue weighted by molar-refractivity contribution is 0.102. The number of nitrogens with one attached hydrogen (secondary N) is 3. The van der Waals surface area contributed by atoms with Crippen molar-refractivity contribution in [3.05, 3.63) is 109 Å². The van der Waals surface area contributed by atoms with Crippen LogP contribution in [-0.2, 0) is 10.0 Å². The predicted molar refractivity (Wildman–Crippen MR) is 133 cm³/mol. The fourth-order valence-corrected chi connectivity index (χ4v) is 4.61. The number of aromatic nitrogens is 2. The number of carbonyl (C=O) groups excluding carboxylic acids is 1. The van der Waals surface area contributed by atoms with E-state index in [9.17, 15) is 13.2 Å². The second-order valence-corrected chi connectivity index (χ2v) is 9.32. The lowest BCUT2D eigenvalue weighted by Crippen LogP contribution is -2.15. The van der Waals surface area contributed by atoms with Gasteiger partial charge in [0.2, 0.25) is 0 Å². The van der Waals surface area contributed by atoms with Gasteiger partial charge in [0.15, 0.2) is 0 Å². The zero-order valence-electron chi connectivity index (χ0n) is 17.9. The van der Waals surface area contributed by atoms with Crippen molar-refractivity contribution in [3.63, 3.8) is 0 Å². The molecule has 168 valence electrons. The van der Waals surface area contributed by atoms with Crippen LogP contribution < -0.4 is 10.0 Å². The van der Waals surface area contributed by atoms with E-state index in [2.05, 4.69) is 20.0 Å². The fraction of sp³-hybridized carbons (Fsp3) is 0. The first-order chi connectivity index (χ1) is 16.5. The molecule has 0 saturated carbocycles. The number of hydrogen-bond acceptors (Lipinski definition) is 4. The van der Waals surface area contributed by atoms with E-state index in [1.54, 1.807) is 48.5 Å². The molecule has 0 saturated heterocycles. The summed E-state index contributed by atoms with van der Waals surface area (Å²) < 4.78 is 27.6. The lowest BCUT2D eigenvalue weighted by atomic mass is 10.1. The van der Waals surface area contributed by atoms with Crippen LogP contribution in [0.4, 0.5) is 11.4 Å². The third-order valence-corrected chi connectivity index (χ3v) is 6.63. The van der Waals surface area contributed by atoms with E-state index >= 15 is 0 Å². The zero-order valence-corrected chi connectivity index (χ0v) is 18.7. The van der Waals surface area contributed by atoms with Gasteiger partial charge in [-0.3, -0.25) is 9.52 Å². The minimum absolute atomic E-state index is 0.148. The summed E-state index contributed by atoms with van der Waals surface area (Å²) in [5, 5.41) is 2.84. The highest BCUT2D eigenvalue weighted by molar-refractivity contribution is 7.92. The number of hydrogen-bond donors (Lipinski definition) is 3. The maximum Gasteiger partial charge on any atom is 0.261 e. The zero-order chi connectivity index (χ0) is 23.5. The number of amides is 1. The van der Waals surface area contributed by atoms with E-state index in [4.69, 9.17) is 0 Å². The van der Waals surface area contributed by atoms with E-state index < -0.39 is 10.0 Å². The molecule has 0 spiro atoms. The maximum atomic E-state index is 12.8. The lowest BCUT2D eigenvalue weighted by Gasteiger charge is -2.10. The molecule has 5 aromatic rings. The molecule has 1 aromatic heterocycles. The van der Waals surface area contributed by atoms with Crippen molar-refractivity contribution in [1.82, 2.24) is 9.97 Å². The van der Waals surface area contributed by atoms with Crippen LogP contribution in [0.3, 0.4) is 0 Å². The summed E-state index contributed by atoms with van der Waals surface area (Å²) >= 11 is 0. The second kappa shape index (κ2) is 8.84. The second-order valence-electron chi connectivity index (χ2n) is 7.63. The van der Waals surface area contributed by atoms with Crippen LogP contribution >= 0.6 is 0 Å². The van der Waals surface area contributed by atoms with Gasteiger partial charge in [0, 0.05) is 22.5 Å². The van der Waals surface area contributed by atoms with Crippen molar-refractivity contribution < 1.29 is 13.2 Å². The van der Waals surface area contributed by atoms with Gasteiger partial charge in [-0.1, -0.05) is 36.4 Å². The van der Waals surface area contributed by atoms with Crippen LogP contribution in [0.25, 0.3) is 22.4 Å². The summed E-state index contributed by atoms with van der Waals surface area (Å²) in [6, 6.07) is 29.5. The Morgan fingerprint density at radius 3 is 2.26 bits per heavy atom. The topological polar surface area (TPSA) is 104 Å². The molecule has 0 fully saturated rings. The highest BCUT2D eigenvalue weighted by Gasteiger charge is 2.15. The smallest absolute Gasteiger partial charge is 0.261 e. The van der Waals surface area contributed by atoms with Crippen LogP contribution in [0, 0.1) is 0 Å². The number of rotatable bonds is 6. The van der Waals surface area contributed by atoms with Crippen LogP contribution in [-0.4, -0.2) is 24.3 Å². The molecule has 7 nitrogen and oxygen atoms in total. The largest absolute Gasteiger partial charge is 0.338 e. The molecular formula is C26H20N4O3S. The number of benzene rings is 4. The third-order valence-electron chi connectivity index (χ3n) is 5.24. The average Bonchev–Trinajstić information content (AvgIpc) is 3.29. The fourth-order valence-electron chi connectivity index (χ4n) is 3.54. The highest BCUT2D eigenvalue weighted by Crippen LogP contribution is 2.23. The van der Waals surface area contributed by atoms with Gasteiger partial charge in [-0.2, -0.15) is 0 Å². The van der Waals surface area contributed by atoms with E-state index in [1.165, 1.54) is 18.2 Å². The molecule has 0 atom stereocenters. The molecular weight excluding hydrogens is 448 g/mol. The van der Waals surface area contributed by atoms with Crippen molar-refractivity contribution in [2.45, 2.75) is 4.90 Å². The molecule has 0 unspecified atom stereocenters. The number of aromatic amines is 1. The molecule has 8 heteroatoms. The minimum atomic E-state index is -3.75. The Morgan fingerprint density at radius 2 is 1.50 bits per heavy atom. The Labute approximate surface area is 196 Å². The standard InChI is InChI=1S/C26H20N4O3S/c31-26(19-7-6-8-21(17-19)30-34(32,33)22-9-2-1-3-10-22)27-20-15-13-18(14-16-20)25-28-23-11-4-5-12-24(23)29-25/h1-17,30H,(H,27,31)(H,28,29). The molecule has 3 N–H and O–H groups in total. The van der Waals surface area contributed by atoms with Crippen molar-refractivity contribution in [2.75, 3.05) is 10.0 Å². The number of imidazole rings is 1. The normalized spacial score (nSPS) is 11.3. The van der Waals surface area contributed by atoms with Crippen LogP contribution in [0.1, 0.15) is 10.4 Å². The molecule has 4 aromatic carbocycles. The van der Waals surface area contributed by atoms with Crippen molar-refractivity contribution in [3.8, 4) is 11.4 Å². The summed E-state index contributed by atoms with van der Waals surface area (Å²) in [5.74, 6) is 0.398. The molecule has 0 radical (unpaired) electrons. The number of para-hydroxylation sites is 2. The number of nitrogens with zero attached hydrogens (tertiary/aromatic N) is 1. The van der Waals surface area contributed by atoms with Crippen molar-refractivity contribution in [1.29, 1.82) is 0 Å². The average molecular weight is 469 g/mol. The number of fused-ring (bicyclic) bond motifs is 1. The Balaban J connectivity index is 1.30. The first-order valence-corrected chi connectivity index (χ1v) is 12.0. The Kier molecular flexibility index (Phi) is 5.57. The van der Waals surface area contributed by atoms with Gasteiger partial charge in [-0.15, -0.1) is 0 Å². The van der Waals surface area contributed by atoms with Gasteiger partial charge in [0.25, 0.3) is 15.9 Å². The molecule has 0 aliphatic heterocycles. The van der Waals surface area contributed by atoms with E-state index in [1.807, 2.05) is 36.4 Å². The van der Waals surface area contributed by atoms with Gasteiger partial charge in [0.1, 0.15) is 5.82 Å².